The molecule has 1 aromatic carbocycles. The number of carbonyl (C=O) groups excluding carboxylic acids is 1. The van der Waals surface area contributed by atoms with E-state index in [1.165, 1.54) is 17.0 Å². The maximum absolute atomic E-state index is 12.9. The Balaban J connectivity index is 1.88. The summed E-state index contributed by atoms with van der Waals surface area (Å²) in [4.78, 5) is 32.9. The van der Waals surface area contributed by atoms with Gasteiger partial charge in [-0.15, -0.1) is 0 Å². The number of H-pyrrole nitrogens is 1. The van der Waals surface area contributed by atoms with Crippen molar-refractivity contribution in [1.82, 2.24) is 14.9 Å². The number of likely N-dealkylation sites (tertiary alicyclic amines) is 1. The van der Waals surface area contributed by atoms with Crippen LogP contribution in [0.2, 0.25) is 0 Å². The predicted molar refractivity (Wildman–Crippen MR) is 94.6 cm³/mol. The first-order valence-corrected chi connectivity index (χ1v) is 8.78. The normalized spacial score (nSPS) is 20.2. The molecule has 1 aliphatic heterocycles. The number of hydrogen-bond acceptors (Lipinski definition) is 3. The lowest BCUT2D eigenvalue weighted by Crippen LogP contribution is -2.48. The molecule has 2 aromatic rings. The fourth-order valence-electron chi connectivity index (χ4n) is 3.39. The monoisotopic (exact) mass is 395 g/mol. The Morgan fingerprint density at radius 1 is 1.32 bits per heavy atom. The Labute approximate surface area is 159 Å². The van der Waals surface area contributed by atoms with Gasteiger partial charge in [-0.1, -0.05) is 12.1 Å². The molecule has 0 radical (unpaired) electrons. The van der Waals surface area contributed by atoms with Crippen molar-refractivity contribution >= 4 is 11.9 Å². The van der Waals surface area contributed by atoms with Gasteiger partial charge < -0.3 is 15.0 Å². The second-order valence-electron chi connectivity index (χ2n) is 7.33. The molecule has 9 heteroatoms. The number of carboxylic acid groups (broad SMARTS) is 1. The fraction of sp³-hybridized carbons (Fsp3) is 0.421. The van der Waals surface area contributed by atoms with Gasteiger partial charge in [0.2, 0.25) is 0 Å². The van der Waals surface area contributed by atoms with Gasteiger partial charge in [-0.2, -0.15) is 13.2 Å². The fourth-order valence-corrected chi connectivity index (χ4v) is 3.39. The molecule has 1 saturated heterocycles. The smallest absolute Gasteiger partial charge is 0.416 e. The molecule has 0 saturated carbocycles. The number of benzene rings is 1. The average Bonchev–Trinajstić information content (AvgIpc) is 3.02. The van der Waals surface area contributed by atoms with Crippen LogP contribution in [0.5, 0.6) is 0 Å². The number of alkyl halides is 3. The summed E-state index contributed by atoms with van der Waals surface area (Å²) >= 11 is 0. The first-order valence-electron chi connectivity index (χ1n) is 8.78. The minimum Gasteiger partial charge on any atom is -0.481 e. The molecular formula is C19H20F3N3O3. The molecule has 2 heterocycles. The number of amides is 1. The molecule has 1 aliphatic rings. The van der Waals surface area contributed by atoms with Crippen molar-refractivity contribution in [3.8, 4) is 11.4 Å². The standard InChI is InChI=1S/C19H20F3N3O3/c1-11-14(16(26)25-8-4-7-18(2,10-25)17(27)28)24-15(23-11)12-5-3-6-13(9-12)19(20,21)22/h3,5-6,9H,4,7-8,10H2,1-2H3,(H,23,24)(H,27,28). The molecule has 150 valence electrons. The highest BCUT2D eigenvalue weighted by Crippen LogP contribution is 2.33. The second-order valence-corrected chi connectivity index (χ2v) is 7.33. The summed E-state index contributed by atoms with van der Waals surface area (Å²) in [5.74, 6) is -1.24. The van der Waals surface area contributed by atoms with Crippen LogP contribution in [-0.4, -0.2) is 44.9 Å². The van der Waals surface area contributed by atoms with E-state index in [0.29, 0.717) is 25.1 Å². The molecule has 0 spiro atoms. The van der Waals surface area contributed by atoms with Gasteiger partial charge in [0.05, 0.1) is 11.0 Å². The van der Waals surface area contributed by atoms with Gasteiger partial charge in [0.15, 0.2) is 0 Å². The topological polar surface area (TPSA) is 86.3 Å². The molecule has 0 aliphatic carbocycles. The van der Waals surface area contributed by atoms with Gasteiger partial charge in [0.1, 0.15) is 11.5 Å². The number of carboxylic acids is 1. The highest BCUT2D eigenvalue weighted by Gasteiger charge is 2.40. The van der Waals surface area contributed by atoms with Gasteiger partial charge in [-0.05, 0) is 38.8 Å². The number of nitrogens with zero attached hydrogens (tertiary/aromatic N) is 2. The lowest BCUT2D eigenvalue weighted by molar-refractivity contribution is -0.150. The number of aliphatic carboxylic acids is 1. The highest BCUT2D eigenvalue weighted by atomic mass is 19.4. The molecule has 0 bridgehead atoms. The number of nitrogens with one attached hydrogen (secondary N) is 1. The zero-order valence-electron chi connectivity index (χ0n) is 15.4. The summed E-state index contributed by atoms with van der Waals surface area (Å²) in [6.45, 7) is 3.68. The van der Waals surface area contributed by atoms with Crippen molar-refractivity contribution in [3.63, 3.8) is 0 Å². The quantitative estimate of drug-likeness (QED) is 0.829. The lowest BCUT2D eigenvalue weighted by Gasteiger charge is -2.37. The van der Waals surface area contributed by atoms with Crippen LogP contribution >= 0.6 is 0 Å². The van der Waals surface area contributed by atoms with E-state index in [1.807, 2.05) is 0 Å². The van der Waals surface area contributed by atoms with Crippen LogP contribution in [-0.2, 0) is 11.0 Å². The van der Waals surface area contributed by atoms with Crippen LogP contribution in [0.25, 0.3) is 11.4 Å². The van der Waals surface area contributed by atoms with Crippen LogP contribution in [0.1, 0.15) is 41.5 Å². The second kappa shape index (κ2) is 6.96. The number of aromatic nitrogens is 2. The van der Waals surface area contributed by atoms with Crippen LogP contribution in [0.3, 0.4) is 0 Å². The van der Waals surface area contributed by atoms with E-state index in [-0.39, 0.29) is 23.6 Å². The molecule has 1 aromatic heterocycles. The van der Waals surface area contributed by atoms with Gasteiger partial charge in [0, 0.05) is 24.3 Å². The van der Waals surface area contributed by atoms with E-state index in [4.69, 9.17) is 0 Å². The average molecular weight is 395 g/mol. The van der Waals surface area contributed by atoms with Crippen molar-refractivity contribution < 1.29 is 27.9 Å². The van der Waals surface area contributed by atoms with E-state index in [2.05, 4.69) is 9.97 Å². The van der Waals surface area contributed by atoms with Crippen molar-refractivity contribution in [2.75, 3.05) is 13.1 Å². The summed E-state index contributed by atoms with van der Waals surface area (Å²) in [7, 11) is 0. The molecule has 2 N–H and O–H groups in total. The van der Waals surface area contributed by atoms with Crippen LogP contribution in [0, 0.1) is 12.3 Å². The highest BCUT2D eigenvalue weighted by molar-refractivity contribution is 5.94. The predicted octanol–water partition coefficient (Wildman–Crippen LogP) is 3.73. The third-order valence-corrected chi connectivity index (χ3v) is 5.05. The Kier molecular flexibility index (Phi) is 4.95. The van der Waals surface area contributed by atoms with E-state index >= 15 is 0 Å². The van der Waals surface area contributed by atoms with Crippen LogP contribution in [0.4, 0.5) is 13.2 Å². The summed E-state index contributed by atoms with van der Waals surface area (Å²) in [6.07, 6.45) is -3.45. The number of hydrogen-bond donors (Lipinski definition) is 2. The van der Waals surface area contributed by atoms with Crippen molar-refractivity contribution in [2.24, 2.45) is 5.41 Å². The number of imidazole rings is 1. The van der Waals surface area contributed by atoms with Gasteiger partial charge in [-0.3, -0.25) is 9.59 Å². The SMILES string of the molecule is Cc1[nH]c(-c2cccc(C(F)(F)F)c2)nc1C(=O)N1CCCC(C)(C(=O)O)C1. The van der Waals surface area contributed by atoms with Crippen LogP contribution in [0.15, 0.2) is 24.3 Å². The number of piperidine rings is 1. The van der Waals surface area contributed by atoms with Gasteiger partial charge in [-0.25, -0.2) is 4.98 Å². The molecule has 28 heavy (non-hydrogen) atoms. The van der Waals surface area contributed by atoms with Gasteiger partial charge in [0.25, 0.3) is 5.91 Å². The molecular weight excluding hydrogens is 375 g/mol. The lowest BCUT2D eigenvalue weighted by atomic mass is 9.82. The summed E-state index contributed by atoms with van der Waals surface area (Å²) in [5.41, 5.74) is -1.12. The molecule has 1 amide bonds. The van der Waals surface area contributed by atoms with E-state index < -0.39 is 29.0 Å². The van der Waals surface area contributed by atoms with E-state index in [9.17, 15) is 27.9 Å². The maximum atomic E-state index is 12.9. The maximum Gasteiger partial charge on any atom is 0.416 e. The number of aryl methyl sites for hydroxylation is 1. The molecule has 1 unspecified atom stereocenters. The number of rotatable bonds is 3. The third-order valence-electron chi connectivity index (χ3n) is 5.05. The summed E-state index contributed by atoms with van der Waals surface area (Å²) < 4.78 is 38.8. The first-order chi connectivity index (χ1) is 13.0. The minimum atomic E-state index is -4.48. The summed E-state index contributed by atoms with van der Waals surface area (Å²) in [6, 6.07) is 4.69. The summed E-state index contributed by atoms with van der Waals surface area (Å²) in [5, 5.41) is 9.42. The van der Waals surface area contributed by atoms with Crippen molar-refractivity contribution in [3.05, 3.63) is 41.2 Å². The third kappa shape index (κ3) is 3.74. The Bertz CT molecular complexity index is 923. The molecule has 1 fully saturated rings. The zero-order valence-corrected chi connectivity index (χ0v) is 15.4. The number of aromatic amines is 1. The zero-order chi connectivity index (χ0) is 20.7. The van der Waals surface area contributed by atoms with E-state index in [1.54, 1.807) is 13.8 Å². The largest absolute Gasteiger partial charge is 0.481 e. The first kappa shape index (κ1) is 19.9. The van der Waals surface area contributed by atoms with Crippen LogP contribution < -0.4 is 0 Å². The van der Waals surface area contributed by atoms with Crippen molar-refractivity contribution in [2.45, 2.75) is 32.9 Å². The molecule has 1 atom stereocenters. The number of carbonyl (C=O) groups is 2. The van der Waals surface area contributed by atoms with Gasteiger partial charge >= 0.3 is 12.1 Å². The minimum absolute atomic E-state index is 0.0619. The molecule has 6 nitrogen and oxygen atoms in total. The Hall–Kier alpha value is -2.84. The molecule has 3 rings (SSSR count). The Morgan fingerprint density at radius 2 is 2.04 bits per heavy atom. The number of halogens is 3. The Morgan fingerprint density at radius 3 is 2.68 bits per heavy atom. The van der Waals surface area contributed by atoms with Crippen molar-refractivity contribution in [1.29, 1.82) is 0 Å². The van der Waals surface area contributed by atoms with E-state index in [0.717, 1.165) is 12.1 Å².